The number of alkyl halides is 3. The summed E-state index contributed by atoms with van der Waals surface area (Å²) in [4.78, 5) is 13.0. The summed E-state index contributed by atoms with van der Waals surface area (Å²) < 4.78 is 62.7. The molecule has 4 aromatic rings. The Bertz CT molecular complexity index is 1550. The maximum absolute atomic E-state index is 13.8. The molecule has 202 valence electrons. The molecule has 0 unspecified atom stereocenters. The summed E-state index contributed by atoms with van der Waals surface area (Å²) in [5, 5.41) is 22.1. The topological polar surface area (TPSA) is 85.9 Å². The summed E-state index contributed by atoms with van der Waals surface area (Å²) in [5.41, 5.74) is 0.928. The number of hydrogen-bond donors (Lipinski definition) is 3. The maximum Gasteiger partial charge on any atom is 0.489 e. The lowest BCUT2D eigenvalue weighted by Crippen LogP contribution is -2.36. The Morgan fingerprint density at radius 3 is 2.36 bits per heavy atom. The number of amides is 1. The Balaban J connectivity index is 1.72. The fraction of sp³-hybridized carbons (Fsp3) is 0.222. The van der Waals surface area contributed by atoms with Crippen molar-refractivity contribution in [2.75, 3.05) is 17.6 Å². The van der Waals surface area contributed by atoms with Gasteiger partial charge in [-0.2, -0.15) is 13.2 Å². The lowest BCUT2D eigenvalue weighted by molar-refractivity contribution is -0.136. The van der Waals surface area contributed by atoms with Gasteiger partial charge in [-0.1, -0.05) is 6.07 Å². The highest BCUT2D eigenvalue weighted by Gasteiger charge is 2.37. The minimum absolute atomic E-state index is 0.140. The molecule has 1 fully saturated rings. The summed E-state index contributed by atoms with van der Waals surface area (Å²) in [5.74, 6) is -0.443. The van der Waals surface area contributed by atoms with Crippen LogP contribution in [0.1, 0.15) is 40.2 Å². The van der Waals surface area contributed by atoms with E-state index in [1.807, 2.05) is 6.07 Å². The van der Waals surface area contributed by atoms with Crippen LogP contribution in [0.4, 0.5) is 28.9 Å². The van der Waals surface area contributed by atoms with Crippen LogP contribution in [0.15, 0.2) is 59.0 Å². The van der Waals surface area contributed by atoms with Gasteiger partial charge in [-0.05, 0) is 84.2 Å². The molecule has 0 bridgehead atoms. The second-order valence-electron chi connectivity index (χ2n) is 9.19. The van der Waals surface area contributed by atoms with Crippen molar-refractivity contribution in [2.45, 2.75) is 24.9 Å². The van der Waals surface area contributed by atoms with Gasteiger partial charge in [0.1, 0.15) is 17.2 Å². The first kappa shape index (κ1) is 27.1. The number of furan rings is 1. The first-order chi connectivity index (χ1) is 18.5. The molecule has 0 spiro atoms. The first-order valence-corrected chi connectivity index (χ1v) is 13.2. The Kier molecular flexibility index (Phi) is 7.12. The molecular formula is C27H23BF4N2O4S. The molecule has 1 aliphatic rings. The lowest BCUT2D eigenvalue weighted by atomic mass is 9.76. The minimum atomic E-state index is -4.81. The first-order valence-electron chi connectivity index (χ1n) is 12.0. The van der Waals surface area contributed by atoms with Gasteiger partial charge in [-0.25, -0.2) is 4.39 Å². The molecule has 12 heteroatoms. The highest BCUT2D eigenvalue weighted by Crippen LogP contribution is 2.50. The van der Waals surface area contributed by atoms with Gasteiger partial charge in [0, 0.05) is 30.3 Å². The second-order valence-corrected chi connectivity index (χ2v) is 9.92. The number of fused-ring (bicyclic) bond motifs is 1. The standard InChI is InChI=1S/C27H23BF4N2O4S/c1-33-26(35)24-19-12-18(14-3-4-14)22(13-23(19)38-25(24)15-5-7-16(29)8-6-15)34(39-2)17-9-10-21(28(36)37)20(11-17)27(30,31)32/h5-14,36-37H,3-4H2,1-2H3,(H,33,35). The van der Waals surface area contributed by atoms with E-state index < -0.39 is 36.0 Å². The lowest BCUT2D eigenvalue weighted by Gasteiger charge is -2.26. The summed E-state index contributed by atoms with van der Waals surface area (Å²) in [6.45, 7) is 0. The number of anilines is 2. The Morgan fingerprint density at radius 2 is 1.79 bits per heavy atom. The summed E-state index contributed by atoms with van der Waals surface area (Å²) in [6.07, 6.45) is -1.34. The Morgan fingerprint density at radius 1 is 1.10 bits per heavy atom. The van der Waals surface area contributed by atoms with Crippen molar-refractivity contribution in [2.24, 2.45) is 0 Å². The molecule has 39 heavy (non-hydrogen) atoms. The molecule has 1 aromatic heterocycles. The van der Waals surface area contributed by atoms with Crippen molar-refractivity contribution < 1.29 is 36.8 Å². The van der Waals surface area contributed by atoms with Crippen LogP contribution in [0, 0.1) is 5.82 Å². The van der Waals surface area contributed by atoms with Gasteiger partial charge in [0.25, 0.3) is 5.91 Å². The van der Waals surface area contributed by atoms with Crippen LogP contribution in [-0.2, 0) is 6.18 Å². The van der Waals surface area contributed by atoms with Gasteiger partial charge >= 0.3 is 13.3 Å². The van der Waals surface area contributed by atoms with E-state index >= 15 is 0 Å². The number of halogens is 4. The monoisotopic (exact) mass is 558 g/mol. The van der Waals surface area contributed by atoms with E-state index in [4.69, 9.17) is 4.42 Å². The molecular weight excluding hydrogens is 535 g/mol. The zero-order valence-corrected chi connectivity index (χ0v) is 21.7. The fourth-order valence-corrected chi connectivity index (χ4v) is 5.36. The molecule has 0 radical (unpaired) electrons. The summed E-state index contributed by atoms with van der Waals surface area (Å²) in [6, 6.07) is 12.4. The van der Waals surface area contributed by atoms with Crippen LogP contribution >= 0.6 is 11.9 Å². The van der Waals surface area contributed by atoms with E-state index in [1.165, 1.54) is 49.3 Å². The molecule has 1 amide bonds. The number of nitrogens with zero attached hydrogens (tertiary/aromatic N) is 1. The molecule has 1 heterocycles. The zero-order chi connectivity index (χ0) is 28.1. The molecule has 6 nitrogen and oxygen atoms in total. The molecule has 1 aliphatic carbocycles. The fourth-order valence-electron chi connectivity index (χ4n) is 4.69. The summed E-state index contributed by atoms with van der Waals surface area (Å²) >= 11 is 1.18. The third kappa shape index (κ3) is 5.11. The normalized spacial score (nSPS) is 13.5. The van der Waals surface area contributed by atoms with Crippen molar-refractivity contribution in [1.29, 1.82) is 0 Å². The zero-order valence-electron chi connectivity index (χ0n) is 20.8. The van der Waals surface area contributed by atoms with Crippen LogP contribution < -0.4 is 15.1 Å². The van der Waals surface area contributed by atoms with Crippen molar-refractivity contribution in [3.8, 4) is 11.3 Å². The van der Waals surface area contributed by atoms with E-state index in [0.29, 0.717) is 22.2 Å². The maximum atomic E-state index is 13.8. The van der Waals surface area contributed by atoms with Crippen LogP contribution in [0.3, 0.4) is 0 Å². The van der Waals surface area contributed by atoms with Crippen LogP contribution in [0.2, 0.25) is 0 Å². The quantitative estimate of drug-likeness (QED) is 0.156. The molecule has 3 aromatic carbocycles. The largest absolute Gasteiger partial charge is 0.489 e. The second kappa shape index (κ2) is 10.3. The van der Waals surface area contributed by atoms with Gasteiger partial charge in [0.15, 0.2) is 0 Å². The average Bonchev–Trinajstić information content (AvgIpc) is 3.68. The SMILES string of the molecule is CNC(=O)c1c(-c2ccc(F)cc2)oc2cc(N(SC)c3ccc(B(O)O)c(C(F)(F)F)c3)c(C3CC3)cc12. The number of carbonyl (C=O) groups excluding carboxylic acids is 1. The third-order valence-electron chi connectivity index (χ3n) is 6.67. The molecule has 1 saturated carbocycles. The van der Waals surface area contributed by atoms with Crippen LogP contribution in [0.25, 0.3) is 22.3 Å². The van der Waals surface area contributed by atoms with Crippen molar-refractivity contribution in [3.05, 3.63) is 77.1 Å². The smallest absolute Gasteiger partial charge is 0.455 e. The number of hydrogen-bond acceptors (Lipinski definition) is 6. The van der Waals surface area contributed by atoms with E-state index in [-0.39, 0.29) is 22.9 Å². The average molecular weight is 558 g/mol. The highest BCUT2D eigenvalue weighted by atomic mass is 32.2. The van der Waals surface area contributed by atoms with Gasteiger partial charge in [-0.3, -0.25) is 9.10 Å². The predicted molar refractivity (Wildman–Crippen MR) is 144 cm³/mol. The van der Waals surface area contributed by atoms with Crippen molar-refractivity contribution in [3.63, 3.8) is 0 Å². The number of carbonyl (C=O) groups is 1. The van der Waals surface area contributed by atoms with E-state index in [9.17, 15) is 32.4 Å². The number of nitrogens with one attached hydrogen (secondary N) is 1. The molecule has 5 rings (SSSR count). The number of benzene rings is 3. The predicted octanol–water partition coefficient (Wildman–Crippen LogP) is 5.59. The van der Waals surface area contributed by atoms with Crippen LogP contribution in [0.5, 0.6) is 0 Å². The molecule has 3 N–H and O–H groups in total. The van der Waals surface area contributed by atoms with Crippen LogP contribution in [-0.4, -0.2) is 36.4 Å². The van der Waals surface area contributed by atoms with Crippen molar-refractivity contribution >= 4 is 52.8 Å². The van der Waals surface area contributed by atoms with Gasteiger partial charge < -0.3 is 19.8 Å². The molecule has 0 aliphatic heterocycles. The Labute approximate surface area is 225 Å². The molecule has 0 atom stereocenters. The highest BCUT2D eigenvalue weighted by molar-refractivity contribution is 8.00. The summed E-state index contributed by atoms with van der Waals surface area (Å²) in [7, 11) is -0.792. The van der Waals surface area contributed by atoms with E-state index in [2.05, 4.69) is 5.32 Å². The number of rotatable bonds is 7. The Hall–Kier alpha value is -3.48. The van der Waals surface area contributed by atoms with E-state index in [1.54, 1.807) is 16.6 Å². The van der Waals surface area contributed by atoms with Crippen molar-refractivity contribution in [1.82, 2.24) is 5.32 Å². The van der Waals surface area contributed by atoms with Gasteiger partial charge in [-0.15, -0.1) is 0 Å². The molecule has 0 saturated heterocycles. The minimum Gasteiger partial charge on any atom is -0.455 e. The van der Waals surface area contributed by atoms with E-state index in [0.717, 1.165) is 30.5 Å². The van der Waals surface area contributed by atoms with Gasteiger partial charge in [0.2, 0.25) is 0 Å². The van der Waals surface area contributed by atoms with Gasteiger partial charge in [0.05, 0.1) is 22.5 Å². The third-order valence-corrected chi connectivity index (χ3v) is 7.44.